The normalized spacial score (nSPS) is 11.5. The summed E-state index contributed by atoms with van der Waals surface area (Å²) in [6, 6.07) is 62.6. The molecule has 0 atom stereocenters. The van der Waals surface area contributed by atoms with Crippen LogP contribution in [0.4, 0.5) is 0 Å². The first-order valence-corrected chi connectivity index (χ1v) is 19.5. The molecule has 0 radical (unpaired) electrons. The molecule has 0 aliphatic heterocycles. The zero-order valence-electron chi connectivity index (χ0n) is 32.7. The quantitative estimate of drug-likeness (QED) is 0.131. The van der Waals surface area contributed by atoms with Crippen molar-refractivity contribution in [2.45, 2.75) is 20.8 Å². The minimum atomic E-state index is 0.680. The molecule has 0 N–H and O–H groups in total. The predicted octanol–water partition coefficient (Wildman–Crippen LogP) is 14.9. The standard InChI is InChI=1S/C55H44N2/c1-5-7-21-40(6-2)44-28-19-29-45(31-44)48-35-50(49-33-46(41-22-11-8-12-23-41)32-47(34-49)42-24-13-9-14-25-42)37-51(36-48)55-56-53(43-26-15-10-16-27-43)39(4)54(57-55)52-30-18-17-20-38(52)3/h5-37H,2H2,1,3-4H3/b7-5-,40-21+. The highest BCUT2D eigenvalue weighted by molar-refractivity contribution is 5.87. The Morgan fingerprint density at radius 2 is 0.930 bits per heavy atom. The van der Waals surface area contributed by atoms with E-state index in [9.17, 15) is 0 Å². The Morgan fingerprint density at radius 3 is 1.49 bits per heavy atom. The molecule has 57 heavy (non-hydrogen) atoms. The van der Waals surface area contributed by atoms with Gasteiger partial charge in [-0.15, -0.1) is 0 Å². The number of hydrogen-bond donors (Lipinski definition) is 0. The van der Waals surface area contributed by atoms with Gasteiger partial charge in [0, 0.05) is 22.3 Å². The van der Waals surface area contributed by atoms with Crippen LogP contribution in [0.2, 0.25) is 0 Å². The molecule has 2 nitrogen and oxygen atoms in total. The van der Waals surface area contributed by atoms with E-state index in [2.05, 4.69) is 202 Å². The number of allylic oxidation sites excluding steroid dienone is 5. The van der Waals surface area contributed by atoms with Crippen LogP contribution in [0.5, 0.6) is 0 Å². The van der Waals surface area contributed by atoms with Crippen LogP contribution in [0.15, 0.2) is 207 Å². The van der Waals surface area contributed by atoms with Gasteiger partial charge in [-0.25, -0.2) is 9.97 Å². The smallest absolute Gasteiger partial charge is 0.160 e. The summed E-state index contributed by atoms with van der Waals surface area (Å²) in [6.07, 6.45) is 8.11. The molecule has 1 heterocycles. The van der Waals surface area contributed by atoms with Gasteiger partial charge in [-0.3, -0.25) is 0 Å². The molecule has 0 spiro atoms. The lowest BCUT2D eigenvalue weighted by atomic mass is 9.90. The fourth-order valence-corrected chi connectivity index (χ4v) is 7.46. The number of rotatable bonds is 10. The Balaban J connectivity index is 1.40. The largest absolute Gasteiger partial charge is 0.228 e. The van der Waals surface area contributed by atoms with Crippen LogP contribution < -0.4 is 0 Å². The average molecular weight is 733 g/mol. The van der Waals surface area contributed by atoms with Gasteiger partial charge in [0.05, 0.1) is 11.4 Å². The highest BCUT2D eigenvalue weighted by Crippen LogP contribution is 2.39. The van der Waals surface area contributed by atoms with Crippen molar-refractivity contribution in [3.8, 4) is 78.4 Å². The summed E-state index contributed by atoms with van der Waals surface area (Å²) < 4.78 is 0. The van der Waals surface area contributed by atoms with Crippen LogP contribution in [-0.2, 0) is 0 Å². The second-order valence-electron chi connectivity index (χ2n) is 14.3. The topological polar surface area (TPSA) is 25.8 Å². The molecule has 7 aromatic carbocycles. The zero-order valence-corrected chi connectivity index (χ0v) is 32.7. The fraction of sp³-hybridized carbons (Fsp3) is 0.0545. The number of benzene rings is 7. The first-order chi connectivity index (χ1) is 28.0. The molecule has 8 aromatic rings. The van der Waals surface area contributed by atoms with E-state index in [1.54, 1.807) is 0 Å². The second-order valence-corrected chi connectivity index (χ2v) is 14.3. The summed E-state index contributed by atoms with van der Waals surface area (Å²) in [5.41, 5.74) is 18.4. The molecule has 0 unspecified atom stereocenters. The molecule has 0 saturated carbocycles. The highest BCUT2D eigenvalue weighted by atomic mass is 14.9. The highest BCUT2D eigenvalue weighted by Gasteiger charge is 2.19. The van der Waals surface area contributed by atoms with Crippen molar-refractivity contribution in [3.05, 3.63) is 223 Å². The van der Waals surface area contributed by atoms with Crippen LogP contribution in [0.1, 0.15) is 23.6 Å². The van der Waals surface area contributed by atoms with Gasteiger partial charge in [-0.2, -0.15) is 0 Å². The van der Waals surface area contributed by atoms with Crippen LogP contribution in [0.25, 0.3) is 84.0 Å². The molecular weight excluding hydrogens is 689 g/mol. The van der Waals surface area contributed by atoms with Crippen LogP contribution in [0.3, 0.4) is 0 Å². The third-order valence-electron chi connectivity index (χ3n) is 10.5. The van der Waals surface area contributed by atoms with Crippen LogP contribution in [-0.4, -0.2) is 9.97 Å². The summed E-state index contributed by atoms with van der Waals surface area (Å²) in [4.78, 5) is 10.8. The maximum absolute atomic E-state index is 5.41. The fourth-order valence-electron chi connectivity index (χ4n) is 7.46. The molecule has 0 amide bonds. The maximum atomic E-state index is 5.41. The van der Waals surface area contributed by atoms with Crippen molar-refractivity contribution in [2.75, 3.05) is 0 Å². The SMILES string of the molecule is C=C/C(=C\C=C/C)c1cccc(-c2cc(-c3cc(-c4ccccc4)cc(-c4ccccc4)c3)cc(-c3nc(-c4ccccc4)c(C)c(-c4ccccc4C)n3)c2)c1. The molecule has 0 saturated heterocycles. The van der Waals surface area contributed by atoms with E-state index < -0.39 is 0 Å². The first kappa shape index (κ1) is 36.8. The number of hydrogen-bond acceptors (Lipinski definition) is 2. The third kappa shape index (κ3) is 7.99. The molecule has 0 aliphatic rings. The minimum Gasteiger partial charge on any atom is -0.228 e. The maximum Gasteiger partial charge on any atom is 0.160 e. The van der Waals surface area contributed by atoms with Gasteiger partial charge in [0.25, 0.3) is 0 Å². The van der Waals surface area contributed by atoms with Crippen molar-refractivity contribution >= 4 is 5.57 Å². The van der Waals surface area contributed by atoms with Gasteiger partial charge >= 0.3 is 0 Å². The Labute approximate surface area is 336 Å². The first-order valence-electron chi connectivity index (χ1n) is 19.5. The molecular formula is C55H44N2. The molecule has 0 bridgehead atoms. The lowest BCUT2D eigenvalue weighted by Crippen LogP contribution is -2.01. The predicted molar refractivity (Wildman–Crippen MR) is 243 cm³/mol. The van der Waals surface area contributed by atoms with Gasteiger partial charge in [-0.05, 0) is 124 Å². The van der Waals surface area contributed by atoms with Crippen molar-refractivity contribution in [1.82, 2.24) is 9.97 Å². The van der Waals surface area contributed by atoms with Gasteiger partial charge in [0.1, 0.15) is 0 Å². The molecule has 2 heteroatoms. The van der Waals surface area contributed by atoms with Crippen molar-refractivity contribution in [2.24, 2.45) is 0 Å². The molecule has 8 rings (SSSR count). The number of aryl methyl sites for hydroxylation is 1. The third-order valence-corrected chi connectivity index (χ3v) is 10.5. The van der Waals surface area contributed by atoms with Crippen molar-refractivity contribution in [3.63, 3.8) is 0 Å². The number of aromatic nitrogens is 2. The second kappa shape index (κ2) is 16.7. The Morgan fingerprint density at radius 1 is 0.456 bits per heavy atom. The van der Waals surface area contributed by atoms with E-state index >= 15 is 0 Å². The minimum absolute atomic E-state index is 0.680. The van der Waals surface area contributed by atoms with Crippen LogP contribution >= 0.6 is 0 Å². The summed E-state index contributed by atoms with van der Waals surface area (Å²) >= 11 is 0. The molecule has 0 aliphatic carbocycles. The van der Waals surface area contributed by atoms with Crippen molar-refractivity contribution < 1.29 is 0 Å². The lowest BCUT2D eigenvalue weighted by Gasteiger charge is -2.17. The number of nitrogens with zero attached hydrogens (tertiary/aromatic N) is 2. The van der Waals surface area contributed by atoms with Gasteiger partial charge in [-0.1, -0.05) is 164 Å². The summed E-state index contributed by atoms with van der Waals surface area (Å²) in [5.74, 6) is 0.680. The van der Waals surface area contributed by atoms with Gasteiger partial charge in [0.15, 0.2) is 5.82 Å². The molecule has 274 valence electrons. The Bertz CT molecular complexity index is 2700. The summed E-state index contributed by atoms with van der Waals surface area (Å²) in [5, 5.41) is 0. The summed E-state index contributed by atoms with van der Waals surface area (Å²) in [7, 11) is 0. The Kier molecular flexibility index (Phi) is 10.8. The van der Waals surface area contributed by atoms with Crippen molar-refractivity contribution in [1.29, 1.82) is 0 Å². The monoisotopic (exact) mass is 732 g/mol. The van der Waals surface area contributed by atoms with Gasteiger partial charge in [0.2, 0.25) is 0 Å². The zero-order chi connectivity index (χ0) is 39.1. The Hall–Kier alpha value is -7.16. The van der Waals surface area contributed by atoms with E-state index in [0.29, 0.717) is 5.82 Å². The van der Waals surface area contributed by atoms with E-state index in [4.69, 9.17) is 9.97 Å². The van der Waals surface area contributed by atoms with E-state index in [1.807, 2.05) is 25.1 Å². The average Bonchev–Trinajstić information content (AvgIpc) is 3.28. The van der Waals surface area contributed by atoms with Gasteiger partial charge < -0.3 is 0 Å². The molecule has 1 aromatic heterocycles. The van der Waals surface area contributed by atoms with E-state index in [1.165, 1.54) is 16.7 Å². The lowest BCUT2D eigenvalue weighted by molar-refractivity contribution is 1.14. The molecule has 0 fully saturated rings. The summed E-state index contributed by atoms with van der Waals surface area (Å²) in [6.45, 7) is 10.4. The van der Waals surface area contributed by atoms with E-state index in [0.717, 1.165) is 78.2 Å². The van der Waals surface area contributed by atoms with Crippen LogP contribution in [0, 0.1) is 13.8 Å². The van der Waals surface area contributed by atoms with E-state index in [-0.39, 0.29) is 0 Å².